The molecule has 2 aliphatic rings. The SMILES string of the molecule is CN1CCc2cc(C(CN)N3CCCCC3)ccc21. The first-order valence-electron chi connectivity index (χ1n) is 7.57. The van der Waals surface area contributed by atoms with Crippen molar-refractivity contribution in [3.8, 4) is 0 Å². The Kier molecular flexibility index (Phi) is 3.76. The number of piperidine rings is 1. The molecule has 104 valence electrons. The van der Waals surface area contributed by atoms with E-state index < -0.39 is 0 Å². The summed E-state index contributed by atoms with van der Waals surface area (Å²) in [6.45, 7) is 4.29. The van der Waals surface area contributed by atoms with Crippen molar-refractivity contribution in [3.63, 3.8) is 0 Å². The van der Waals surface area contributed by atoms with E-state index in [1.807, 2.05) is 0 Å². The van der Waals surface area contributed by atoms with E-state index in [2.05, 4.69) is 35.0 Å². The lowest BCUT2D eigenvalue weighted by atomic mass is 9.99. The molecule has 0 aromatic heterocycles. The number of benzene rings is 1. The minimum Gasteiger partial charge on any atom is -0.374 e. The van der Waals surface area contributed by atoms with E-state index in [-0.39, 0.29) is 0 Å². The maximum atomic E-state index is 6.06. The molecule has 1 atom stereocenters. The van der Waals surface area contributed by atoms with E-state index in [0.29, 0.717) is 6.04 Å². The van der Waals surface area contributed by atoms with Gasteiger partial charge in [0.05, 0.1) is 0 Å². The Labute approximate surface area is 116 Å². The van der Waals surface area contributed by atoms with Crippen molar-refractivity contribution in [2.45, 2.75) is 31.7 Å². The lowest BCUT2D eigenvalue weighted by molar-refractivity contribution is 0.167. The Hall–Kier alpha value is -1.06. The fourth-order valence-electron chi connectivity index (χ4n) is 3.52. The van der Waals surface area contributed by atoms with Crippen LogP contribution in [0.1, 0.15) is 36.4 Å². The van der Waals surface area contributed by atoms with Crippen LogP contribution < -0.4 is 10.6 Å². The molecule has 3 rings (SSSR count). The van der Waals surface area contributed by atoms with Crippen molar-refractivity contribution in [2.24, 2.45) is 5.73 Å². The summed E-state index contributed by atoms with van der Waals surface area (Å²) in [5.74, 6) is 0. The second-order valence-electron chi connectivity index (χ2n) is 5.91. The summed E-state index contributed by atoms with van der Waals surface area (Å²) in [5, 5.41) is 0. The molecule has 2 heterocycles. The van der Waals surface area contributed by atoms with Gasteiger partial charge in [0.2, 0.25) is 0 Å². The van der Waals surface area contributed by atoms with Gasteiger partial charge in [-0.15, -0.1) is 0 Å². The van der Waals surface area contributed by atoms with Crippen LogP contribution >= 0.6 is 0 Å². The molecule has 1 unspecified atom stereocenters. The maximum Gasteiger partial charge on any atom is 0.0470 e. The highest BCUT2D eigenvalue weighted by Gasteiger charge is 2.23. The minimum absolute atomic E-state index is 0.413. The molecule has 0 amide bonds. The molecule has 2 N–H and O–H groups in total. The van der Waals surface area contributed by atoms with Gasteiger partial charge < -0.3 is 10.6 Å². The summed E-state index contributed by atoms with van der Waals surface area (Å²) in [6, 6.07) is 7.37. The Morgan fingerprint density at radius 1 is 1.16 bits per heavy atom. The third-order valence-corrected chi connectivity index (χ3v) is 4.67. The van der Waals surface area contributed by atoms with Crippen LogP contribution in [0.5, 0.6) is 0 Å². The van der Waals surface area contributed by atoms with Gasteiger partial charge in [0.25, 0.3) is 0 Å². The van der Waals surface area contributed by atoms with Crippen molar-refractivity contribution >= 4 is 5.69 Å². The van der Waals surface area contributed by atoms with E-state index in [9.17, 15) is 0 Å². The Balaban J connectivity index is 1.83. The topological polar surface area (TPSA) is 32.5 Å². The van der Waals surface area contributed by atoms with Crippen molar-refractivity contribution in [1.82, 2.24) is 4.90 Å². The van der Waals surface area contributed by atoms with Crippen LogP contribution in [0.3, 0.4) is 0 Å². The highest BCUT2D eigenvalue weighted by atomic mass is 15.2. The average molecular weight is 259 g/mol. The van der Waals surface area contributed by atoms with E-state index in [0.717, 1.165) is 13.1 Å². The zero-order valence-electron chi connectivity index (χ0n) is 11.9. The molecular weight excluding hydrogens is 234 g/mol. The molecular formula is C16H25N3. The number of rotatable bonds is 3. The number of nitrogens with zero attached hydrogens (tertiary/aromatic N) is 2. The molecule has 0 bridgehead atoms. The predicted octanol–water partition coefficient (Wildman–Crippen LogP) is 2.16. The highest BCUT2D eigenvalue weighted by molar-refractivity contribution is 5.58. The van der Waals surface area contributed by atoms with Gasteiger partial charge in [0, 0.05) is 31.9 Å². The largest absolute Gasteiger partial charge is 0.374 e. The predicted molar refractivity (Wildman–Crippen MR) is 80.6 cm³/mol. The van der Waals surface area contributed by atoms with Gasteiger partial charge in [-0.25, -0.2) is 0 Å². The number of anilines is 1. The number of likely N-dealkylation sites (tertiary alicyclic amines) is 1. The van der Waals surface area contributed by atoms with E-state index in [1.54, 1.807) is 0 Å². The molecule has 0 radical (unpaired) electrons. The highest BCUT2D eigenvalue weighted by Crippen LogP contribution is 2.31. The number of hydrogen-bond donors (Lipinski definition) is 1. The zero-order chi connectivity index (χ0) is 13.2. The van der Waals surface area contributed by atoms with Crippen molar-refractivity contribution in [3.05, 3.63) is 29.3 Å². The van der Waals surface area contributed by atoms with Crippen LogP contribution in [0.4, 0.5) is 5.69 Å². The second-order valence-corrected chi connectivity index (χ2v) is 5.91. The fourth-order valence-corrected chi connectivity index (χ4v) is 3.52. The van der Waals surface area contributed by atoms with Crippen LogP contribution in [0, 0.1) is 0 Å². The molecule has 3 nitrogen and oxygen atoms in total. The molecule has 1 fully saturated rings. The lowest BCUT2D eigenvalue weighted by Gasteiger charge is -2.34. The van der Waals surface area contributed by atoms with Gasteiger partial charge in [0.15, 0.2) is 0 Å². The Morgan fingerprint density at radius 2 is 1.95 bits per heavy atom. The first kappa shape index (κ1) is 12.9. The fraction of sp³-hybridized carbons (Fsp3) is 0.625. The molecule has 1 aromatic rings. The Morgan fingerprint density at radius 3 is 2.68 bits per heavy atom. The molecule has 19 heavy (non-hydrogen) atoms. The van der Waals surface area contributed by atoms with Gasteiger partial charge in [-0.3, -0.25) is 4.90 Å². The van der Waals surface area contributed by atoms with Gasteiger partial charge in [-0.2, -0.15) is 0 Å². The molecule has 2 aliphatic heterocycles. The lowest BCUT2D eigenvalue weighted by Crippen LogP contribution is -2.37. The quantitative estimate of drug-likeness (QED) is 0.903. The van der Waals surface area contributed by atoms with Crippen molar-refractivity contribution in [2.75, 3.05) is 38.1 Å². The van der Waals surface area contributed by atoms with Crippen LogP contribution in [0.25, 0.3) is 0 Å². The van der Waals surface area contributed by atoms with Crippen LogP contribution in [-0.4, -0.2) is 38.1 Å². The number of fused-ring (bicyclic) bond motifs is 1. The molecule has 3 heteroatoms. The first-order valence-corrected chi connectivity index (χ1v) is 7.57. The second kappa shape index (κ2) is 5.51. The summed E-state index contributed by atoms with van der Waals surface area (Å²) in [4.78, 5) is 4.92. The number of nitrogens with two attached hydrogens (primary N) is 1. The van der Waals surface area contributed by atoms with Crippen LogP contribution in [0.2, 0.25) is 0 Å². The molecule has 1 aromatic carbocycles. The summed E-state index contributed by atoms with van der Waals surface area (Å²) >= 11 is 0. The average Bonchev–Trinajstić information content (AvgIpc) is 2.82. The minimum atomic E-state index is 0.413. The number of hydrogen-bond acceptors (Lipinski definition) is 3. The molecule has 0 spiro atoms. The van der Waals surface area contributed by atoms with Crippen LogP contribution in [0.15, 0.2) is 18.2 Å². The monoisotopic (exact) mass is 259 g/mol. The van der Waals surface area contributed by atoms with E-state index in [1.165, 1.54) is 55.6 Å². The third-order valence-electron chi connectivity index (χ3n) is 4.67. The molecule has 1 saturated heterocycles. The molecule has 0 saturated carbocycles. The summed E-state index contributed by atoms with van der Waals surface area (Å²) in [7, 11) is 2.18. The first-order chi connectivity index (χ1) is 9.29. The van der Waals surface area contributed by atoms with Gasteiger partial charge in [0.1, 0.15) is 0 Å². The number of likely N-dealkylation sites (N-methyl/N-ethyl adjacent to an activating group) is 1. The standard InChI is InChI=1S/C16H25N3/c1-18-10-7-14-11-13(5-6-15(14)18)16(12-17)19-8-3-2-4-9-19/h5-6,11,16H,2-4,7-10,12,17H2,1H3. The van der Waals surface area contributed by atoms with Crippen LogP contribution in [-0.2, 0) is 6.42 Å². The summed E-state index contributed by atoms with van der Waals surface area (Å²) in [5.41, 5.74) is 10.4. The maximum absolute atomic E-state index is 6.06. The summed E-state index contributed by atoms with van der Waals surface area (Å²) in [6.07, 6.45) is 5.20. The van der Waals surface area contributed by atoms with E-state index >= 15 is 0 Å². The van der Waals surface area contributed by atoms with Gasteiger partial charge in [-0.05, 0) is 49.5 Å². The van der Waals surface area contributed by atoms with Gasteiger partial charge >= 0.3 is 0 Å². The third kappa shape index (κ3) is 2.49. The molecule has 0 aliphatic carbocycles. The normalized spacial score (nSPS) is 21.5. The van der Waals surface area contributed by atoms with Gasteiger partial charge in [-0.1, -0.05) is 18.6 Å². The van der Waals surface area contributed by atoms with Crippen molar-refractivity contribution < 1.29 is 0 Å². The smallest absolute Gasteiger partial charge is 0.0470 e. The van der Waals surface area contributed by atoms with E-state index in [4.69, 9.17) is 5.73 Å². The zero-order valence-corrected chi connectivity index (χ0v) is 11.9. The van der Waals surface area contributed by atoms with Crippen molar-refractivity contribution in [1.29, 1.82) is 0 Å². The Bertz CT molecular complexity index is 438. The summed E-state index contributed by atoms with van der Waals surface area (Å²) < 4.78 is 0.